The molecule has 0 radical (unpaired) electrons. The van der Waals surface area contributed by atoms with Crippen LogP contribution in [0.2, 0.25) is 5.02 Å². The zero-order valence-electron chi connectivity index (χ0n) is 14.3. The number of guanidine groups is 1. The van der Waals surface area contributed by atoms with Gasteiger partial charge in [0.1, 0.15) is 12.2 Å². The van der Waals surface area contributed by atoms with Crippen LogP contribution in [0.5, 0.6) is 0 Å². The van der Waals surface area contributed by atoms with Gasteiger partial charge in [-0.2, -0.15) is 0 Å². The highest BCUT2D eigenvalue weighted by Crippen LogP contribution is 2.15. The maximum absolute atomic E-state index is 6.18. The Morgan fingerprint density at radius 2 is 2.08 bits per heavy atom. The lowest BCUT2D eigenvalue weighted by molar-refractivity contribution is 0.632. The lowest BCUT2D eigenvalue weighted by atomic mass is 10.1. The van der Waals surface area contributed by atoms with Crippen LogP contribution in [0, 0.1) is 0 Å². The number of aryl methyl sites for hydroxylation is 1. The first kappa shape index (κ1) is 18.3. The summed E-state index contributed by atoms with van der Waals surface area (Å²) in [4.78, 5) is 4.61. The van der Waals surface area contributed by atoms with Gasteiger partial charge < -0.3 is 15.2 Å². The average Bonchev–Trinajstić information content (AvgIpc) is 3.04. The largest absolute Gasteiger partial charge is 0.357 e. The Bertz CT molecular complexity index is 652. The van der Waals surface area contributed by atoms with E-state index in [0.29, 0.717) is 6.54 Å². The highest BCUT2D eigenvalue weighted by molar-refractivity contribution is 6.31. The van der Waals surface area contributed by atoms with Crippen molar-refractivity contribution in [2.45, 2.75) is 33.2 Å². The molecule has 1 aromatic carbocycles. The molecule has 0 bridgehead atoms. The van der Waals surface area contributed by atoms with Crippen LogP contribution in [0.4, 0.5) is 0 Å². The summed E-state index contributed by atoms with van der Waals surface area (Å²) in [5.74, 6) is 1.81. The highest BCUT2D eigenvalue weighted by Gasteiger charge is 2.03. The first-order valence-electron chi connectivity index (χ1n) is 8.36. The number of halogens is 1. The maximum atomic E-state index is 6.18. The zero-order valence-corrected chi connectivity index (χ0v) is 15.1. The summed E-state index contributed by atoms with van der Waals surface area (Å²) in [6, 6.07) is 7.89. The second-order valence-corrected chi connectivity index (χ2v) is 5.73. The Morgan fingerprint density at radius 3 is 2.83 bits per heavy atom. The molecule has 0 amide bonds. The lowest BCUT2D eigenvalue weighted by Crippen LogP contribution is -2.39. The van der Waals surface area contributed by atoms with E-state index in [1.165, 1.54) is 0 Å². The number of rotatable bonds is 8. The fraction of sp³-hybridized carbons (Fsp3) is 0.471. The van der Waals surface area contributed by atoms with Gasteiger partial charge in [-0.1, -0.05) is 36.7 Å². The van der Waals surface area contributed by atoms with Crippen molar-refractivity contribution in [2.75, 3.05) is 19.6 Å². The van der Waals surface area contributed by atoms with Gasteiger partial charge in [-0.3, -0.25) is 4.99 Å². The summed E-state index contributed by atoms with van der Waals surface area (Å²) >= 11 is 6.18. The number of hydrogen-bond donors (Lipinski definition) is 2. The van der Waals surface area contributed by atoms with Crippen LogP contribution in [0.1, 0.15) is 25.2 Å². The smallest absolute Gasteiger partial charge is 0.191 e. The fourth-order valence-corrected chi connectivity index (χ4v) is 2.60. The minimum atomic E-state index is 0.686. The summed E-state index contributed by atoms with van der Waals surface area (Å²) in [5.41, 5.74) is 1.12. The van der Waals surface area contributed by atoms with Crippen LogP contribution < -0.4 is 10.6 Å². The average molecular weight is 349 g/mol. The van der Waals surface area contributed by atoms with Crippen LogP contribution in [-0.2, 0) is 19.4 Å². The van der Waals surface area contributed by atoms with Gasteiger partial charge in [-0.25, -0.2) is 0 Å². The molecule has 2 rings (SSSR count). The standard InChI is InChI=1S/C17H25ClN6/c1-3-16-23-22-13-24(16)12-11-21-17(19-4-2)20-10-9-14-7-5-6-8-15(14)18/h5-8,13H,3-4,9-12H2,1-2H3,(H2,19,20,21). The van der Waals surface area contributed by atoms with Crippen LogP contribution in [0.25, 0.3) is 0 Å². The minimum Gasteiger partial charge on any atom is -0.357 e. The van der Waals surface area contributed by atoms with Crippen molar-refractivity contribution in [3.05, 3.63) is 47.0 Å². The predicted octanol–water partition coefficient (Wildman–Crippen LogP) is 2.29. The van der Waals surface area contributed by atoms with Crippen molar-refractivity contribution in [3.8, 4) is 0 Å². The summed E-state index contributed by atoms with van der Waals surface area (Å²) in [5, 5.41) is 15.4. The number of nitrogens with zero attached hydrogens (tertiary/aromatic N) is 4. The molecule has 1 aromatic heterocycles. The second kappa shape index (κ2) is 9.93. The van der Waals surface area contributed by atoms with Gasteiger partial charge in [-0.05, 0) is 25.0 Å². The molecular formula is C17H25ClN6. The third-order valence-electron chi connectivity index (χ3n) is 3.61. The molecule has 0 saturated heterocycles. The van der Waals surface area contributed by atoms with Gasteiger partial charge in [0.05, 0.1) is 0 Å². The summed E-state index contributed by atoms with van der Waals surface area (Å²) < 4.78 is 2.06. The molecule has 130 valence electrons. The molecule has 0 aliphatic heterocycles. The van der Waals surface area contributed by atoms with Crippen molar-refractivity contribution in [1.29, 1.82) is 0 Å². The van der Waals surface area contributed by atoms with Crippen LogP contribution in [-0.4, -0.2) is 40.4 Å². The SMILES string of the molecule is CCNC(=NCCc1ccccc1Cl)NCCn1cnnc1CC. The van der Waals surface area contributed by atoms with Gasteiger partial charge in [-0.15, -0.1) is 10.2 Å². The molecule has 2 aromatic rings. The summed E-state index contributed by atoms with van der Waals surface area (Å²) in [6.07, 6.45) is 3.47. The first-order valence-corrected chi connectivity index (χ1v) is 8.74. The normalized spacial score (nSPS) is 11.5. The molecule has 6 nitrogen and oxygen atoms in total. The molecule has 0 aliphatic carbocycles. The van der Waals surface area contributed by atoms with Gasteiger partial charge in [0.15, 0.2) is 5.96 Å². The van der Waals surface area contributed by atoms with E-state index >= 15 is 0 Å². The predicted molar refractivity (Wildman–Crippen MR) is 98.5 cm³/mol. The first-order chi connectivity index (χ1) is 11.7. The lowest BCUT2D eigenvalue weighted by Gasteiger charge is -2.12. The monoisotopic (exact) mass is 348 g/mol. The van der Waals surface area contributed by atoms with Crippen LogP contribution >= 0.6 is 11.6 Å². The number of aromatic nitrogens is 3. The second-order valence-electron chi connectivity index (χ2n) is 5.32. The van der Waals surface area contributed by atoms with E-state index in [9.17, 15) is 0 Å². The molecule has 24 heavy (non-hydrogen) atoms. The van der Waals surface area contributed by atoms with Gasteiger partial charge in [0.25, 0.3) is 0 Å². The summed E-state index contributed by atoms with van der Waals surface area (Å²) in [7, 11) is 0. The van der Waals surface area contributed by atoms with E-state index in [1.54, 1.807) is 6.33 Å². The Morgan fingerprint density at radius 1 is 1.25 bits per heavy atom. The van der Waals surface area contributed by atoms with Crippen molar-refractivity contribution in [3.63, 3.8) is 0 Å². The third-order valence-corrected chi connectivity index (χ3v) is 3.98. The van der Waals surface area contributed by atoms with Gasteiger partial charge in [0, 0.05) is 37.6 Å². The van der Waals surface area contributed by atoms with Crippen molar-refractivity contribution < 1.29 is 0 Å². The Kier molecular flexibility index (Phi) is 7.55. The molecule has 2 N–H and O–H groups in total. The van der Waals surface area contributed by atoms with Crippen molar-refractivity contribution in [1.82, 2.24) is 25.4 Å². The van der Waals surface area contributed by atoms with Crippen LogP contribution in [0.3, 0.4) is 0 Å². The van der Waals surface area contributed by atoms with Gasteiger partial charge in [0.2, 0.25) is 0 Å². The molecule has 0 atom stereocenters. The van der Waals surface area contributed by atoms with E-state index in [4.69, 9.17) is 11.6 Å². The number of benzene rings is 1. The molecule has 0 spiro atoms. The summed E-state index contributed by atoms with van der Waals surface area (Å²) in [6.45, 7) is 7.22. The Labute approximate surface area is 148 Å². The quantitative estimate of drug-likeness (QED) is 0.567. The van der Waals surface area contributed by atoms with Gasteiger partial charge >= 0.3 is 0 Å². The molecule has 0 fully saturated rings. The third kappa shape index (κ3) is 5.53. The minimum absolute atomic E-state index is 0.686. The topological polar surface area (TPSA) is 67.1 Å². The molecule has 7 heteroatoms. The number of aliphatic imine (C=N–C) groups is 1. The Hall–Kier alpha value is -2.08. The van der Waals surface area contributed by atoms with E-state index < -0.39 is 0 Å². The molecule has 0 unspecified atom stereocenters. The maximum Gasteiger partial charge on any atom is 0.191 e. The fourth-order valence-electron chi connectivity index (χ4n) is 2.37. The number of nitrogens with one attached hydrogen (secondary N) is 2. The van der Waals surface area contributed by atoms with Crippen LogP contribution in [0.15, 0.2) is 35.6 Å². The van der Waals surface area contributed by atoms with E-state index in [1.807, 2.05) is 24.3 Å². The van der Waals surface area contributed by atoms with Crippen molar-refractivity contribution in [2.24, 2.45) is 4.99 Å². The van der Waals surface area contributed by atoms with Crippen molar-refractivity contribution >= 4 is 17.6 Å². The molecular weight excluding hydrogens is 324 g/mol. The van der Waals surface area contributed by atoms with E-state index in [0.717, 1.165) is 54.8 Å². The molecule has 0 saturated carbocycles. The zero-order chi connectivity index (χ0) is 17.2. The highest BCUT2D eigenvalue weighted by atomic mass is 35.5. The number of hydrogen-bond acceptors (Lipinski definition) is 3. The van der Waals surface area contributed by atoms with E-state index in [-0.39, 0.29) is 0 Å². The molecule has 1 heterocycles. The van der Waals surface area contributed by atoms with E-state index in [2.05, 4.69) is 44.2 Å². The Balaban J connectivity index is 1.83. The molecule has 0 aliphatic rings.